The number of rotatable bonds is 6. The number of nitrogens with two attached hydrogens (primary N) is 1. The lowest BCUT2D eigenvalue weighted by molar-refractivity contribution is -0.384. The van der Waals surface area contributed by atoms with Crippen molar-refractivity contribution in [2.45, 2.75) is 23.5 Å². The van der Waals surface area contributed by atoms with Crippen molar-refractivity contribution in [1.29, 1.82) is 0 Å². The minimum atomic E-state index is -4.78. The van der Waals surface area contributed by atoms with Crippen LogP contribution < -0.4 is 10.5 Å². The summed E-state index contributed by atoms with van der Waals surface area (Å²) in [6.45, 7) is -0.354. The van der Waals surface area contributed by atoms with Gasteiger partial charge in [0, 0.05) is 12.1 Å². The van der Waals surface area contributed by atoms with Crippen LogP contribution in [0, 0.1) is 10.1 Å². The van der Waals surface area contributed by atoms with E-state index < -0.39 is 38.5 Å². The summed E-state index contributed by atoms with van der Waals surface area (Å²) in [5.74, 6) is 0. The zero-order chi connectivity index (χ0) is 16.3. The maximum Gasteiger partial charge on any atom is 0.404 e. The number of hydrogen-bond acceptors (Lipinski definition) is 5. The summed E-state index contributed by atoms with van der Waals surface area (Å²) in [6.07, 6.45) is -5.40. The van der Waals surface area contributed by atoms with Crippen molar-refractivity contribution in [3.05, 3.63) is 34.4 Å². The van der Waals surface area contributed by atoms with Gasteiger partial charge in [-0.05, 0) is 25.1 Å². The van der Waals surface area contributed by atoms with Crippen molar-refractivity contribution in [3.63, 3.8) is 0 Å². The highest BCUT2D eigenvalue weighted by Gasteiger charge is 2.41. The number of alkyl halides is 3. The molecule has 1 unspecified atom stereocenters. The number of benzene rings is 1. The third-order valence-electron chi connectivity index (χ3n) is 2.51. The van der Waals surface area contributed by atoms with Gasteiger partial charge in [0.15, 0.2) is 0 Å². The first-order valence-corrected chi connectivity index (χ1v) is 7.10. The van der Waals surface area contributed by atoms with E-state index in [4.69, 9.17) is 5.73 Å². The number of nitro benzene ring substituents is 1. The third kappa shape index (κ3) is 4.65. The van der Waals surface area contributed by atoms with Crippen LogP contribution in [0.4, 0.5) is 18.9 Å². The van der Waals surface area contributed by atoms with Crippen LogP contribution in [0.15, 0.2) is 29.2 Å². The zero-order valence-electron chi connectivity index (χ0n) is 10.5. The fourth-order valence-corrected chi connectivity index (χ4v) is 2.71. The smallest absolute Gasteiger partial charge is 0.330 e. The molecule has 0 radical (unpaired) electrons. The Morgan fingerprint density at radius 3 is 2.19 bits per heavy atom. The van der Waals surface area contributed by atoms with Crippen LogP contribution in [0.3, 0.4) is 0 Å². The maximum atomic E-state index is 12.7. The molecule has 0 amide bonds. The first-order valence-electron chi connectivity index (χ1n) is 5.61. The number of nitro groups is 1. The Bertz CT molecular complexity index is 601. The maximum absolute atomic E-state index is 12.7. The van der Waals surface area contributed by atoms with E-state index in [-0.39, 0.29) is 12.2 Å². The molecule has 0 aromatic heterocycles. The van der Waals surface area contributed by atoms with Crippen LogP contribution in [0.1, 0.15) is 6.42 Å². The highest BCUT2D eigenvalue weighted by molar-refractivity contribution is 7.89. The van der Waals surface area contributed by atoms with Crippen LogP contribution in [-0.4, -0.2) is 32.1 Å². The molecule has 0 fully saturated rings. The number of nitrogens with zero attached hydrogens (tertiary/aromatic N) is 1. The molecule has 0 aliphatic rings. The summed E-state index contributed by atoms with van der Waals surface area (Å²) >= 11 is 0. The summed E-state index contributed by atoms with van der Waals surface area (Å²) in [7, 11) is -4.46. The van der Waals surface area contributed by atoms with Gasteiger partial charge in [0.05, 0.1) is 9.82 Å². The fraction of sp³-hybridized carbons (Fsp3) is 0.400. The van der Waals surface area contributed by atoms with Crippen LogP contribution >= 0.6 is 0 Å². The van der Waals surface area contributed by atoms with Gasteiger partial charge in [-0.15, -0.1) is 0 Å². The van der Waals surface area contributed by atoms with Gasteiger partial charge in [-0.2, -0.15) is 17.9 Å². The number of nitrogens with one attached hydrogen (secondary N) is 1. The molecular formula is C10H12F3N3O4S. The van der Waals surface area contributed by atoms with Gasteiger partial charge in [0.1, 0.15) is 6.04 Å². The zero-order valence-corrected chi connectivity index (χ0v) is 11.3. The summed E-state index contributed by atoms with van der Waals surface area (Å²) < 4.78 is 63.1. The van der Waals surface area contributed by atoms with Crippen molar-refractivity contribution in [3.8, 4) is 0 Å². The van der Waals surface area contributed by atoms with Crippen molar-refractivity contribution in [2.75, 3.05) is 6.54 Å². The summed E-state index contributed by atoms with van der Waals surface area (Å²) in [6, 6.07) is 1.18. The topological polar surface area (TPSA) is 115 Å². The molecular weight excluding hydrogens is 315 g/mol. The van der Waals surface area contributed by atoms with Gasteiger partial charge in [-0.25, -0.2) is 8.42 Å². The van der Waals surface area contributed by atoms with Crippen LogP contribution in [0.2, 0.25) is 0 Å². The quantitative estimate of drug-likeness (QED) is 0.601. The number of halogens is 3. The van der Waals surface area contributed by atoms with Gasteiger partial charge < -0.3 is 5.73 Å². The first-order chi connectivity index (χ1) is 9.58. The normalized spacial score (nSPS) is 13.9. The predicted molar refractivity (Wildman–Crippen MR) is 66.9 cm³/mol. The Hall–Kier alpha value is -1.72. The molecule has 21 heavy (non-hydrogen) atoms. The second-order valence-electron chi connectivity index (χ2n) is 4.04. The molecule has 1 rings (SSSR count). The highest BCUT2D eigenvalue weighted by Crippen LogP contribution is 2.24. The molecule has 3 N–H and O–H groups in total. The SMILES string of the molecule is NCCC(NS(=O)(=O)c1ccc([N+](=O)[O-])cc1)C(F)(F)F. The van der Waals surface area contributed by atoms with E-state index in [0.29, 0.717) is 0 Å². The highest BCUT2D eigenvalue weighted by atomic mass is 32.2. The molecule has 0 aliphatic heterocycles. The minimum absolute atomic E-state index is 0.354. The second-order valence-corrected chi connectivity index (χ2v) is 5.76. The third-order valence-corrected chi connectivity index (χ3v) is 3.99. The number of non-ortho nitro benzene ring substituents is 1. The Balaban J connectivity index is 3.02. The first kappa shape index (κ1) is 17.3. The van der Waals surface area contributed by atoms with E-state index in [1.807, 2.05) is 0 Å². The van der Waals surface area contributed by atoms with E-state index in [1.165, 1.54) is 4.72 Å². The Morgan fingerprint density at radius 1 is 1.29 bits per heavy atom. The summed E-state index contributed by atoms with van der Waals surface area (Å²) in [5, 5.41) is 10.4. The van der Waals surface area contributed by atoms with E-state index in [9.17, 15) is 31.7 Å². The second kappa shape index (κ2) is 6.37. The molecule has 1 atom stereocenters. The van der Waals surface area contributed by atoms with E-state index in [2.05, 4.69) is 0 Å². The molecule has 0 heterocycles. The molecule has 1 aromatic rings. The van der Waals surface area contributed by atoms with Crippen LogP contribution in [-0.2, 0) is 10.0 Å². The van der Waals surface area contributed by atoms with Crippen molar-refractivity contribution in [2.24, 2.45) is 5.73 Å². The van der Waals surface area contributed by atoms with E-state index in [0.717, 1.165) is 24.3 Å². The van der Waals surface area contributed by atoms with E-state index in [1.54, 1.807) is 0 Å². The lowest BCUT2D eigenvalue weighted by atomic mass is 10.2. The Labute approximate surface area is 118 Å². The molecule has 118 valence electrons. The molecule has 0 spiro atoms. The van der Waals surface area contributed by atoms with Gasteiger partial charge in [-0.1, -0.05) is 0 Å². The van der Waals surface area contributed by atoms with E-state index >= 15 is 0 Å². The molecule has 0 aliphatic carbocycles. The molecule has 11 heteroatoms. The Morgan fingerprint density at radius 2 is 1.81 bits per heavy atom. The van der Waals surface area contributed by atoms with Crippen molar-refractivity contribution < 1.29 is 26.5 Å². The largest absolute Gasteiger partial charge is 0.404 e. The molecule has 0 saturated heterocycles. The van der Waals surface area contributed by atoms with Gasteiger partial charge >= 0.3 is 6.18 Å². The Kier molecular flexibility index (Phi) is 5.25. The van der Waals surface area contributed by atoms with Gasteiger partial charge in [-0.3, -0.25) is 10.1 Å². The lowest BCUT2D eigenvalue weighted by Gasteiger charge is -2.20. The van der Waals surface area contributed by atoms with Crippen molar-refractivity contribution >= 4 is 15.7 Å². The van der Waals surface area contributed by atoms with Crippen LogP contribution in [0.5, 0.6) is 0 Å². The fourth-order valence-electron chi connectivity index (χ4n) is 1.46. The number of hydrogen-bond donors (Lipinski definition) is 2. The predicted octanol–water partition coefficient (Wildman–Crippen LogP) is 1.15. The standard InChI is InChI=1S/C10H12F3N3O4S/c11-10(12,13)9(5-6-14)15-21(19,20)8-3-1-7(2-4-8)16(17)18/h1-4,9,15H,5-6,14H2. The molecule has 0 saturated carbocycles. The molecule has 1 aromatic carbocycles. The molecule has 7 nitrogen and oxygen atoms in total. The number of sulfonamides is 1. The monoisotopic (exact) mass is 327 g/mol. The van der Waals surface area contributed by atoms with Gasteiger partial charge in [0.2, 0.25) is 10.0 Å². The van der Waals surface area contributed by atoms with Crippen molar-refractivity contribution in [1.82, 2.24) is 4.72 Å². The van der Waals surface area contributed by atoms with Gasteiger partial charge in [0.25, 0.3) is 5.69 Å². The molecule has 0 bridgehead atoms. The average Bonchev–Trinajstić information content (AvgIpc) is 2.37. The lowest BCUT2D eigenvalue weighted by Crippen LogP contribution is -2.46. The average molecular weight is 327 g/mol. The van der Waals surface area contributed by atoms with Crippen LogP contribution in [0.25, 0.3) is 0 Å². The summed E-state index contributed by atoms with van der Waals surface area (Å²) in [4.78, 5) is 9.18. The minimum Gasteiger partial charge on any atom is -0.330 e. The summed E-state index contributed by atoms with van der Waals surface area (Å²) in [5.41, 5.74) is 4.66.